The van der Waals surface area contributed by atoms with Gasteiger partial charge in [-0.25, -0.2) is 0 Å². The molecule has 16 heteroatoms. The van der Waals surface area contributed by atoms with Crippen molar-refractivity contribution in [3.8, 4) is 23.0 Å². The molecule has 45 heavy (non-hydrogen) atoms. The first-order valence-electron chi connectivity index (χ1n) is 12.3. The summed E-state index contributed by atoms with van der Waals surface area (Å²) in [5, 5.41) is 0. The second-order valence-electron chi connectivity index (χ2n) is 9.49. The highest BCUT2D eigenvalue weighted by Crippen LogP contribution is 2.56. The monoisotopic (exact) mass is 654 g/mol. The summed E-state index contributed by atoms with van der Waals surface area (Å²) >= 11 is 0. The predicted molar refractivity (Wildman–Crippen MR) is 138 cm³/mol. The zero-order valence-electron chi connectivity index (χ0n) is 22.1. The third kappa shape index (κ3) is 6.54. The van der Waals surface area contributed by atoms with Gasteiger partial charge in [-0.2, -0.15) is 52.7 Å². The van der Waals surface area contributed by atoms with Gasteiger partial charge in [0.05, 0.1) is 11.1 Å². The van der Waals surface area contributed by atoms with Crippen molar-refractivity contribution in [2.45, 2.75) is 30.1 Å². The molecule has 0 aliphatic carbocycles. The highest BCUT2D eigenvalue weighted by molar-refractivity contribution is 5.54. The van der Waals surface area contributed by atoms with Crippen molar-refractivity contribution in [3.63, 3.8) is 0 Å². The van der Waals surface area contributed by atoms with Crippen molar-refractivity contribution in [3.05, 3.63) is 107 Å². The molecule has 0 spiro atoms. The minimum absolute atomic E-state index is 0.389. The van der Waals surface area contributed by atoms with Gasteiger partial charge in [-0.3, -0.25) is 0 Å². The molecule has 0 amide bonds. The van der Waals surface area contributed by atoms with Crippen LogP contribution >= 0.6 is 0 Å². The smallest absolute Gasteiger partial charge is 0.418 e. The Kier molecular flexibility index (Phi) is 8.33. The van der Waals surface area contributed by atoms with E-state index < -0.39 is 75.2 Å². The van der Waals surface area contributed by atoms with E-state index in [4.69, 9.17) is 20.9 Å². The topological polar surface area (TPSA) is 70.5 Å². The van der Waals surface area contributed by atoms with Crippen LogP contribution in [0.25, 0.3) is 0 Å². The van der Waals surface area contributed by atoms with Gasteiger partial charge in [0.25, 0.3) is 0 Å². The summed E-state index contributed by atoms with van der Waals surface area (Å²) in [7, 11) is 0. The molecule has 4 rings (SSSR count). The quantitative estimate of drug-likeness (QED) is 0.160. The largest absolute Gasteiger partial charge is 0.457 e. The Balaban J connectivity index is 1.71. The minimum atomic E-state index is -5.99. The van der Waals surface area contributed by atoms with Crippen molar-refractivity contribution in [1.82, 2.24) is 0 Å². The van der Waals surface area contributed by atoms with Crippen LogP contribution in [0.15, 0.2) is 84.9 Å². The fourth-order valence-electron chi connectivity index (χ4n) is 4.49. The standard InChI is InChI=1S/C29H18F12N2O2/c30-26(31,32)21-13-19(9-11-23(21)42)44-17-5-1-15(2-6-17)25(28(36,37)38,29(39,40)41)16-3-7-18(8-4-16)45-20-10-12-24(43)22(14-20)27(33,34)35/h1-14H,42-43H2. The maximum Gasteiger partial charge on any atom is 0.418 e. The molecule has 0 radical (unpaired) electrons. The van der Waals surface area contributed by atoms with Gasteiger partial charge in [-0.1, -0.05) is 24.3 Å². The van der Waals surface area contributed by atoms with E-state index in [0.717, 1.165) is 24.3 Å². The number of rotatable bonds is 6. The lowest BCUT2D eigenvalue weighted by molar-refractivity contribution is -0.288. The van der Waals surface area contributed by atoms with E-state index in [2.05, 4.69) is 0 Å². The maximum absolute atomic E-state index is 14.5. The molecule has 0 atom stereocenters. The zero-order chi connectivity index (χ0) is 33.6. The van der Waals surface area contributed by atoms with E-state index in [0.29, 0.717) is 60.7 Å². The zero-order valence-corrected chi connectivity index (χ0v) is 22.1. The van der Waals surface area contributed by atoms with Gasteiger partial charge in [-0.05, 0) is 71.8 Å². The van der Waals surface area contributed by atoms with E-state index in [1.165, 1.54) is 0 Å². The second kappa shape index (κ2) is 11.3. The van der Waals surface area contributed by atoms with Gasteiger partial charge in [0.2, 0.25) is 5.41 Å². The molecule has 4 aromatic carbocycles. The van der Waals surface area contributed by atoms with Crippen LogP contribution in [-0.2, 0) is 17.8 Å². The summed E-state index contributed by atoms with van der Waals surface area (Å²) in [5.74, 6) is -1.66. The van der Waals surface area contributed by atoms with Crippen LogP contribution in [0.2, 0.25) is 0 Å². The highest BCUT2D eigenvalue weighted by Gasteiger charge is 2.72. The molecule has 240 valence electrons. The van der Waals surface area contributed by atoms with Crippen LogP contribution in [-0.4, -0.2) is 12.4 Å². The highest BCUT2D eigenvalue weighted by atomic mass is 19.4. The average Bonchev–Trinajstić information content (AvgIpc) is 2.90. The first-order chi connectivity index (χ1) is 20.6. The number of hydrogen-bond acceptors (Lipinski definition) is 4. The summed E-state index contributed by atoms with van der Waals surface area (Å²) in [6, 6.07) is 9.44. The second-order valence-corrected chi connectivity index (χ2v) is 9.49. The lowest BCUT2D eigenvalue weighted by Gasteiger charge is -2.38. The molecule has 4 nitrogen and oxygen atoms in total. The van der Waals surface area contributed by atoms with Crippen LogP contribution in [0, 0.1) is 0 Å². The van der Waals surface area contributed by atoms with Gasteiger partial charge in [0.1, 0.15) is 23.0 Å². The Bertz CT molecular complexity index is 1530. The van der Waals surface area contributed by atoms with Crippen LogP contribution in [0.5, 0.6) is 23.0 Å². The van der Waals surface area contributed by atoms with Crippen molar-refractivity contribution in [2.24, 2.45) is 0 Å². The van der Waals surface area contributed by atoms with E-state index >= 15 is 0 Å². The fraction of sp³-hybridized carbons (Fsp3) is 0.172. The Morgan fingerprint density at radius 2 is 0.689 bits per heavy atom. The molecule has 4 aromatic rings. The molecule has 0 bridgehead atoms. The molecule has 0 saturated heterocycles. The van der Waals surface area contributed by atoms with Gasteiger partial charge in [0, 0.05) is 11.4 Å². The molecule has 4 N–H and O–H groups in total. The summed E-state index contributed by atoms with van der Waals surface area (Å²) in [4.78, 5) is 0. The van der Waals surface area contributed by atoms with Gasteiger partial charge >= 0.3 is 24.7 Å². The van der Waals surface area contributed by atoms with E-state index in [9.17, 15) is 52.7 Å². The number of nitrogens with two attached hydrogens (primary N) is 2. The molecular formula is C29H18F12N2O2. The number of anilines is 2. The van der Waals surface area contributed by atoms with E-state index in [1.807, 2.05) is 0 Å². The normalized spacial score (nSPS) is 13.1. The molecule has 0 aromatic heterocycles. The Morgan fingerprint density at radius 3 is 0.956 bits per heavy atom. The van der Waals surface area contributed by atoms with Gasteiger partial charge < -0.3 is 20.9 Å². The molecule has 0 saturated carbocycles. The van der Waals surface area contributed by atoms with E-state index in [-0.39, 0.29) is 11.5 Å². The molecule has 0 unspecified atom stereocenters. The molecule has 0 heterocycles. The van der Waals surface area contributed by atoms with Gasteiger partial charge in [-0.15, -0.1) is 0 Å². The predicted octanol–water partition coefficient (Wildman–Crippen LogP) is 9.88. The van der Waals surface area contributed by atoms with E-state index in [1.54, 1.807) is 0 Å². The minimum Gasteiger partial charge on any atom is -0.457 e. The number of alkyl halides is 12. The summed E-state index contributed by atoms with van der Waals surface area (Å²) in [6.07, 6.45) is -21.7. The van der Waals surface area contributed by atoms with Crippen molar-refractivity contribution in [1.29, 1.82) is 0 Å². The first-order valence-corrected chi connectivity index (χ1v) is 12.3. The van der Waals surface area contributed by atoms with Crippen molar-refractivity contribution < 1.29 is 62.2 Å². The number of halogens is 12. The third-order valence-corrected chi connectivity index (χ3v) is 6.56. The fourth-order valence-corrected chi connectivity index (χ4v) is 4.49. The number of hydrogen-bond donors (Lipinski definition) is 2. The first kappa shape index (κ1) is 33.1. The van der Waals surface area contributed by atoms with Crippen molar-refractivity contribution in [2.75, 3.05) is 11.5 Å². The molecular weight excluding hydrogens is 636 g/mol. The summed E-state index contributed by atoms with van der Waals surface area (Å²) < 4.78 is 176. The average molecular weight is 654 g/mol. The van der Waals surface area contributed by atoms with Gasteiger partial charge in [0.15, 0.2) is 0 Å². The molecule has 0 aliphatic heterocycles. The lowest BCUT2D eigenvalue weighted by Crippen LogP contribution is -2.54. The Labute approximate surface area is 245 Å². The molecule has 0 aliphatic rings. The van der Waals surface area contributed by atoms with Crippen LogP contribution < -0.4 is 20.9 Å². The lowest BCUT2D eigenvalue weighted by atomic mass is 9.73. The number of benzene rings is 4. The van der Waals surface area contributed by atoms with Crippen LogP contribution in [0.3, 0.4) is 0 Å². The SMILES string of the molecule is Nc1ccc(Oc2ccc(C(c3ccc(Oc4ccc(N)c(C(F)(F)F)c4)cc3)(C(F)(F)F)C(F)(F)F)cc2)cc1C(F)(F)F. The Morgan fingerprint density at radius 1 is 0.400 bits per heavy atom. The maximum atomic E-state index is 14.5. The summed E-state index contributed by atoms with van der Waals surface area (Å²) in [5.41, 5.74) is -0.449. The van der Waals surface area contributed by atoms with Crippen molar-refractivity contribution >= 4 is 11.4 Å². The molecule has 0 fully saturated rings. The van der Waals surface area contributed by atoms with Crippen LogP contribution in [0.1, 0.15) is 22.3 Å². The number of nitrogen functional groups attached to an aromatic ring is 2. The van der Waals surface area contributed by atoms with Crippen LogP contribution in [0.4, 0.5) is 64.1 Å². The number of ether oxygens (including phenoxy) is 2. The summed E-state index contributed by atoms with van der Waals surface area (Å²) in [6.45, 7) is 0. The Hall–Kier alpha value is -4.76. The third-order valence-electron chi connectivity index (χ3n) is 6.56.